The predicted octanol–water partition coefficient (Wildman–Crippen LogP) is 4.64. The van der Waals surface area contributed by atoms with Crippen molar-refractivity contribution in [1.29, 1.82) is 0 Å². The number of hydrogen-bond acceptors (Lipinski definition) is 3. The molecule has 5 heteroatoms. The van der Waals surface area contributed by atoms with Gasteiger partial charge in [0.25, 0.3) is 0 Å². The van der Waals surface area contributed by atoms with Crippen LogP contribution in [-0.2, 0) is 0 Å². The van der Waals surface area contributed by atoms with Crippen LogP contribution in [0.1, 0.15) is 5.56 Å². The second-order valence-corrected chi connectivity index (χ2v) is 4.98. The summed E-state index contributed by atoms with van der Waals surface area (Å²) >= 11 is 12.3. The van der Waals surface area contributed by atoms with Gasteiger partial charge in [-0.1, -0.05) is 23.2 Å². The number of ether oxygens (including phenoxy) is 1. The van der Waals surface area contributed by atoms with Crippen molar-refractivity contribution in [3.63, 3.8) is 0 Å². The molecule has 0 spiro atoms. The summed E-state index contributed by atoms with van der Waals surface area (Å²) in [5, 5.41) is 4.18. The number of aryl methyl sites for hydroxylation is 1. The molecule has 2 aromatic carbocycles. The Hall–Kier alpha value is -1.58. The van der Waals surface area contributed by atoms with E-state index in [1.165, 1.54) is 0 Å². The van der Waals surface area contributed by atoms with E-state index in [4.69, 9.17) is 33.7 Å². The summed E-state index contributed by atoms with van der Waals surface area (Å²) in [5.41, 5.74) is 8.80. The molecule has 0 saturated heterocycles. The van der Waals surface area contributed by atoms with E-state index in [-0.39, 0.29) is 0 Å². The first-order valence-corrected chi connectivity index (χ1v) is 6.43. The average Bonchev–Trinajstić information content (AvgIpc) is 2.35. The van der Waals surface area contributed by atoms with E-state index >= 15 is 0 Å². The lowest BCUT2D eigenvalue weighted by Crippen LogP contribution is -1.97. The molecule has 0 aliphatic rings. The van der Waals surface area contributed by atoms with Gasteiger partial charge in [-0.05, 0) is 42.8 Å². The summed E-state index contributed by atoms with van der Waals surface area (Å²) in [5.74, 6) is 0.803. The van der Waals surface area contributed by atoms with Crippen molar-refractivity contribution in [1.82, 2.24) is 0 Å². The molecule has 0 aliphatic carbocycles. The molecule has 19 heavy (non-hydrogen) atoms. The molecule has 0 amide bonds. The lowest BCUT2D eigenvalue weighted by atomic mass is 10.1. The van der Waals surface area contributed by atoms with E-state index in [1.54, 1.807) is 19.2 Å². The largest absolute Gasteiger partial charge is 0.497 e. The summed E-state index contributed by atoms with van der Waals surface area (Å²) in [4.78, 5) is 0. The van der Waals surface area contributed by atoms with Gasteiger partial charge in [0.05, 0.1) is 22.8 Å². The third-order valence-electron chi connectivity index (χ3n) is 2.76. The van der Waals surface area contributed by atoms with Crippen molar-refractivity contribution in [2.75, 3.05) is 18.2 Å². The number of hydrogen-bond donors (Lipinski definition) is 2. The first-order chi connectivity index (χ1) is 9.01. The van der Waals surface area contributed by atoms with Gasteiger partial charge in [0.15, 0.2) is 0 Å². The fraction of sp³-hybridized carbons (Fsp3) is 0.143. The normalized spacial score (nSPS) is 10.3. The number of nitrogen functional groups attached to an aromatic ring is 1. The van der Waals surface area contributed by atoms with Crippen LogP contribution >= 0.6 is 23.2 Å². The Balaban J connectivity index is 2.36. The van der Waals surface area contributed by atoms with E-state index < -0.39 is 0 Å². The molecule has 0 unspecified atom stereocenters. The topological polar surface area (TPSA) is 47.3 Å². The van der Waals surface area contributed by atoms with E-state index in [9.17, 15) is 0 Å². The van der Waals surface area contributed by atoms with Crippen LogP contribution in [0.15, 0.2) is 30.3 Å². The Kier molecular flexibility index (Phi) is 4.08. The highest BCUT2D eigenvalue weighted by molar-refractivity contribution is 6.39. The highest BCUT2D eigenvalue weighted by atomic mass is 35.5. The molecule has 100 valence electrons. The van der Waals surface area contributed by atoms with Crippen LogP contribution < -0.4 is 15.8 Å². The lowest BCUT2D eigenvalue weighted by Gasteiger charge is -2.14. The third-order valence-corrected chi connectivity index (χ3v) is 3.35. The lowest BCUT2D eigenvalue weighted by molar-refractivity contribution is 0.414. The van der Waals surface area contributed by atoms with Crippen LogP contribution in [-0.4, -0.2) is 7.11 Å². The summed E-state index contributed by atoms with van der Waals surface area (Å²) in [7, 11) is 1.63. The second-order valence-electron chi connectivity index (χ2n) is 4.17. The van der Waals surface area contributed by atoms with Gasteiger partial charge < -0.3 is 15.8 Å². The van der Waals surface area contributed by atoms with Crippen molar-refractivity contribution in [3.05, 3.63) is 45.9 Å². The third kappa shape index (κ3) is 3.06. The van der Waals surface area contributed by atoms with Gasteiger partial charge in [-0.3, -0.25) is 0 Å². The van der Waals surface area contributed by atoms with Crippen LogP contribution in [0, 0.1) is 6.92 Å². The maximum Gasteiger partial charge on any atom is 0.119 e. The molecule has 0 bridgehead atoms. The first kappa shape index (κ1) is 13.8. The number of rotatable bonds is 3. The van der Waals surface area contributed by atoms with Gasteiger partial charge in [-0.15, -0.1) is 0 Å². The average molecular weight is 297 g/mol. The zero-order valence-corrected chi connectivity index (χ0v) is 12.1. The maximum atomic E-state index is 6.14. The molecule has 0 aliphatic heterocycles. The highest BCUT2D eigenvalue weighted by Gasteiger charge is 2.09. The van der Waals surface area contributed by atoms with Gasteiger partial charge in [-0.25, -0.2) is 0 Å². The van der Waals surface area contributed by atoms with E-state index in [0.717, 1.165) is 17.0 Å². The van der Waals surface area contributed by atoms with E-state index in [0.29, 0.717) is 21.4 Å². The standard InChI is InChI=1S/C14H14Cl2N2O/c1-8-5-10(19-2)3-4-13(8)18-14-11(15)6-9(17)7-12(14)16/h3-7,18H,17H2,1-2H3. The predicted molar refractivity (Wildman–Crippen MR) is 81.9 cm³/mol. The van der Waals surface area contributed by atoms with Crippen LogP contribution in [0.5, 0.6) is 5.75 Å². The van der Waals surface area contributed by atoms with Crippen LogP contribution in [0.25, 0.3) is 0 Å². The molecule has 3 N–H and O–H groups in total. The molecule has 0 radical (unpaired) electrons. The molecular formula is C14H14Cl2N2O. The van der Waals surface area contributed by atoms with Crippen molar-refractivity contribution < 1.29 is 4.74 Å². The number of benzene rings is 2. The molecule has 0 saturated carbocycles. The van der Waals surface area contributed by atoms with Crippen molar-refractivity contribution in [2.24, 2.45) is 0 Å². The fourth-order valence-electron chi connectivity index (χ4n) is 1.75. The number of nitrogens with two attached hydrogens (primary N) is 1. The van der Waals surface area contributed by atoms with Crippen LogP contribution in [0.2, 0.25) is 10.0 Å². The first-order valence-electron chi connectivity index (χ1n) is 5.67. The molecule has 2 rings (SSSR count). The summed E-state index contributed by atoms with van der Waals surface area (Å²) in [6.45, 7) is 1.98. The minimum atomic E-state index is 0.486. The summed E-state index contributed by atoms with van der Waals surface area (Å²) in [6.07, 6.45) is 0. The Morgan fingerprint density at radius 1 is 1.11 bits per heavy atom. The van der Waals surface area contributed by atoms with Crippen molar-refractivity contribution in [3.8, 4) is 5.75 Å². The van der Waals surface area contributed by atoms with Crippen LogP contribution in [0.4, 0.5) is 17.1 Å². The smallest absolute Gasteiger partial charge is 0.119 e. The number of methoxy groups -OCH3 is 1. The molecule has 0 heterocycles. The van der Waals surface area contributed by atoms with E-state index in [2.05, 4.69) is 5.32 Å². The van der Waals surface area contributed by atoms with Gasteiger partial charge in [0.2, 0.25) is 0 Å². The fourth-order valence-corrected chi connectivity index (χ4v) is 2.35. The van der Waals surface area contributed by atoms with Gasteiger partial charge >= 0.3 is 0 Å². The Bertz CT molecular complexity index is 591. The summed E-state index contributed by atoms with van der Waals surface area (Å²) < 4.78 is 5.17. The van der Waals surface area contributed by atoms with Gasteiger partial charge in [-0.2, -0.15) is 0 Å². The number of anilines is 3. The highest BCUT2D eigenvalue weighted by Crippen LogP contribution is 2.36. The molecular weight excluding hydrogens is 283 g/mol. The molecule has 0 fully saturated rings. The van der Waals surface area contributed by atoms with Crippen molar-refractivity contribution in [2.45, 2.75) is 6.92 Å². The molecule has 3 nitrogen and oxygen atoms in total. The minimum Gasteiger partial charge on any atom is -0.497 e. The Labute approximate surface area is 122 Å². The minimum absolute atomic E-state index is 0.486. The second kappa shape index (κ2) is 5.59. The number of nitrogens with one attached hydrogen (secondary N) is 1. The van der Waals surface area contributed by atoms with Crippen molar-refractivity contribution >= 4 is 40.3 Å². The quantitative estimate of drug-likeness (QED) is 0.812. The monoisotopic (exact) mass is 296 g/mol. The number of halogens is 2. The molecule has 2 aromatic rings. The van der Waals surface area contributed by atoms with Gasteiger partial charge in [0.1, 0.15) is 5.75 Å². The Morgan fingerprint density at radius 3 is 2.26 bits per heavy atom. The van der Waals surface area contributed by atoms with Gasteiger partial charge in [0, 0.05) is 11.4 Å². The van der Waals surface area contributed by atoms with E-state index in [1.807, 2.05) is 25.1 Å². The molecule has 0 atom stereocenters. The summed E-state index contributed by atoms with van der Waals surface area (Å²) in [6, 6.07) is 9.04. The maximum absolute atomic E-state index is 6.14. The Morgan fingerprint density at radius 2 is 1.74 bits per heavy atom. The molecule has 0 aromatic heterocycles. The zero-order chi connectivity index (χ0) is 14.0. The SMILES string of the molecule is COc1ccc(Nc2c(Cl)cc(N)cc2Cl)c(C)c1. The zero-order valence-electron chi connectivity index (χ0n) is 10.6. The van der Waals surface area contributed by atoms with Crippen LogP contribution in [0.3, 0.4) is 0 Å².